The summed E-state index contributed by atoms with van der Waals surface area (Å²) in [6, 6.07) is 6.02. The van der Waals surface area contributed by atoms with E-state index in [1.807, 2.05) is 0 Å². The number of fused-ring (bicyclic) bond motifs is 1. The number of esters is 1. The number of hydrogen-bond acceptors (Lipinski definition) is 4. The van der Waals surface area contributed by atoms with Crippen LogP contribution in [0.2, 0.25) is 0 Å². The molecule has 1 aliphatic rings. The van der Waals surface area contributed by atoms with E-state index in [4.69, 9.17) is 0 Å². The average Bonchev–Trinajstić information content (AvgIpc) is 2.67. The molecule has 1 aromatic carbocycles. The molecule has 0 fully saturated rings. The predicted molar refractivity (Wildman–Crippen MR) is 68.3 cm³/mol. The number of nitrogens with zero attached hydrogens (tertiary/aromatic N) is 1. The monoisotopic (exact) mass is 263 g/mol. The van der Waals surface area contributed by atoms with Gasteiger partial charge >= 0.3 is 5.97 Å². The molecule has 19 heavy (non-hydrogen) atoms. The summed E-state index contributed by atoms with van der Waals surface area (Å²) < 4.78 is 4.67. The number of hydrogen-bond donors (Lipinski definition) is 1. The minimum absolute atomic E-state index is 0.303. The second-order valence-electron chi connectivity index (χ2n) is 4.59. The first kappa shape index (κ1) is 13.5. The van der Waals surface area contributed by atoms with Crippen LogP contribution in [0, 0.1) is 0 Å². The highest BCUT2D eigenvalue weighted by molar-refractivity contribution is 6.01. The summed E-state index contributed by atoms with van der Waals surface area (Å²) in [5.41, 5.74) is -0.484. The Morgan fingerprint density at radius 2 is 2.11 bits per heavy atom. The van der Waals surface area contributed by atoms with Gasteiger partial charge in [0.15, 0.2) is 5.72 Å². The van der Waals surface area contributed by atoms with E-state index in [-0.39, 0.29) is 5.91 Å². The molecule has 0 aromatic heterocycles. The van der Waals surface area contributed by atoms with Crippen LogP contribution in [0.5, 0.6) is 0 Å². The molecule has 1 unspecified atom stereocenters. The standard InChI is InChI=1S/C14H17NO4/c1-4-14(18)11-8-6-5-7-10(11)12(16)15(14)9(2)13(17)19-3/h5-9,18H,4H2,1-3H3/t9-,14?/m0/s1. The Morgan fingerprint density at radius 3 is 2.68 bits per heavy atom. The van der Waals surface area contributed by atoms with Crippen molar-refractivity contribution in [3.05, 3.63) is 35.4 Å². The van der Waals surface area contributed by atoms with Gasteiger partial charge in [-0.25, -0.2) is 4.79 Å². The van der Waals surface area contributed by atoms with E-state index in [1.165, 1.54) is 12.0 Å². The lowest BCUT2D eigenvalue weighted by Crippen LogP contribution is -2.51. The molecule has 0 spiro atoms. The second kappa shape index (κ2) is 4.66. The molecule has 2 atom stereocenters. The molecule has 0 aliphatic carbocycles. The molecule has 5 heteroatoms. The van der Waals surface area contributed by atoms with Crippen LogP contribution in [0.1, 0.15) is 36.2 Å². The van der Waals surface area contributed by atoms with Gasteiger partial charge in [-0.15, -0.1) is 0 Å². The zero-order valence-electron chi connectivity index (χ0n) is 11.2. The van der Waals surface area contributed by atoms with Crippen molar-refractivity contribution in [3.8, 4) is 0 Å². The molecular formula is C14H17NO4. The molecule has 102 valence electrons. The summed E-state index contributed by atoms with van der Waals surface area (Å²) in [6.07, 6.45) is 0.303. The number of carbonyl (C=O) groups is 2. The van der Waals surface area contributed by atoms with Crippen molar-refractivity contribution in [3.63, 3.8) is 0 Å². The highest BCUT2D eigenvalue weighted by Gasteiger charge is 2.50. The lowest BCUT2D eigenvalue weighted by molar-refractivity contribution is -0.158. The fourth-order valence-electron chi connectivity index (χ4n) is 2.58. The molecule has 0 saturated carbocycles. The number of amides is 1. The topological polar surface area (TPSA) is 66.8 Å². The first-order valence-electron chi connectivity index (χ1n) is 6.20. The molecule has 1 N–H and O–H groups in total. The maximum absolute atomic E-state index is 12.4. The van der Waals surface area contributed by atoms with Crippen LogP contribution in [0.15, 0.2) is 24.3 Å². The van der Waals surface area contributed by atoms with Crippen molar-refractivity contribution in [2.24, 2.45) is 0 Å². The van der Waals surface area contributed by atoms with Crippen molar-refractivity contribution in [1.82, 2.24) is 4.90 Å². The highest BCUT2D eigenvalue weighted by Crippen LogP contribution is 2.40. The SMILES string of the molecule is CCC1(O)c2ccccc2C(=O)N1[C@@H](C)C(=O)OC. The van der Waals surface area contributed by atoms with Crippen LogP contribution >= 0.6 is 0 Å². The highest BCUT2D eigenvalue weighted by atomic mass is 16.5. The van der Waals surface area contributed by atoms with Gasteiger partial charge in [0.2, 0.25) is 0 Å². The molecular weight excluding hydrogens is 246 g/mol. The minimum Gasteiger partial charge on any atom is -0.467 e. The van der Waals surface area contributed by atoms with Crippen LogP contribution in [0.25, 0.3) is 0 Å². The Kier molecular flexibility index (Phi) is 3.32. The van der Waals surface area contributed by atoms with Gasteiger partial charge in [-0.05, 0) is 19.4 Å². The third-order valence-electron chi connectivity index (χ3n) is 3.63. The maximum Gasteiger partial charge on any atom is 0.328 e. The van der Waals surface area contributed by atoms with Gasteiger partial charge in [0, 0.05) is 11.1 Å². The molecule has 1 aromatic rings. The van der Waals surface area contributed by atoms with Crippen molar-refractivity contribution < 1.29 is 19.4 Å². The van der Waals surface area contributed by atoms with Gasteiger partial charge in [-0.2, -0.15) is 0 Å². The molecule has 5 nitrogen and oxygen atoms in total. The van der Waals surface area contributed by atoms with E-state index in [0.29, 0.717) is 17.5 Å². The fourth-order valence-corrected chi connectivity index (χ4v) is 2.58. The van der Waals surface area contributed by atoms with E-state index < -0.39 is 17.7 Å². The van der Waals surface area contributed by atoms with Gasteiger partial charge in [-0.1, -0.05) is 25.1 Å². The average molecular weight is 263 g/mol. The Labute approximate surface area is 111 Å². The molecule has 0 saturated heterocycles. The van der Waals surface area contributed by atoms with Gasteiger partial charge < -0.3 is 9.84 Å². The number of carbonyl (C=O) groups excluding carboxylic acids is 2. The van der Waals surface area contributed by atoms with Crippen molar-refractivity contribution in [1.29, 1.82) is 0 Å². The normalized spacial score (nSPS) is 23.2. The van der Waals surface area contributed by atoms with Crippen LogP contribution < -0.4 is 0 Å². The minimum atomic E-state index is -1.46. The van der Waals surface area contributed by atoms with Crippen molar-refractivity contribution in [2.45, 2.75) is 32.0 Å². The fraction of sp³-hybridized carbons (Fsp3) is 0.429. The van der Waals surface area contributed by atoms with E-state index in [9.17, 15) is 14.7 Å². The zero-order chi connectivity index (χ0) is 14.2. The van der Waals surface area contributed by atoms with E-state index >= 15 is 0 Å². The summed E-state index contributed by atoms with van der Waals surface area (Å²) in [4.78, 5) is 25.3. The molecule has 0 radical (unpaired) electrons. The summed E-state index contributed by atoms with van der Waals surface area (Å²) in [7, 11) is 1.26. The van der Waals surface area contributed by atoms with Crippen LogP contribution in [-0.4, -0.2) is 35.0 Å². The lowest BCUT2D eigenvalue weighted by atomic mass is 9.98. The first-order chi connectivity index (χ1) is 8.97. The summed E-state index contributed by atoms with van der Waals surface area (Å²) in [6.45, 7) is 3.32. The zero-order valence-corrected chi connectivity index (χ0v) is 11.2. The number of ether oxygens (including phenoxy) is 1. The summed E-state index contributed by atoms with van der Waals surface area (Å²) in [5.74, 6) is -0.897. The quantitative estimate of drug-likeness (QED) is 0.834. The Hall–Kier alpha value is -1.88. The van der Waals surface area contributed by atoms with Gasteiger partial charge in [0.05, 0.1) is 7.11 Å². The molecule has 1 heterocycles. The van der Waals surface area contributed by atoms with Crippen LogP contribution in [-0.2, 0) is 15.3 Å². The van der Waals surface area contributed by atoms with E-state index in [1.54, 1.807) is 38.1 Å². The Balaban J connectivity index is 2.53. The van der Waals surface area contributed by atoms with Crippen molar-refractivity contribution >= 4 is 11.9 Å². The smallest absolute Gasteiger partial charge is 0.328 e. The third kappa shape index (κ3) is 1.81. The number of rotatable bonds is 3. The number of benzene rings is 1. The Morgan fingerprint density at radius 1 is 1.47 bits per heavy atom. The molecule has 2 rings (SSSR count). The van der Waals surface area contributed by atoms with Crippen molar-refractivity contribution in [2.75, 3.05) is 7.11 Å². The molecule has 1 amide bonds. The van der Waals surface area contributed by atoms with Crippen LogP contribution in [0.3, 0.4) is 0 Å². The lowest BCUT2D eigenvalue weighted by Gasteiger charge is -2.36. The largest absolute Gasteiger partial charge is 0.467 e. The number of aliphatic hydroxyl groups is 1. The molecule has 0 bridgehead atoms. The summed E-state index contributed by atoms with van der Waals surface area (Å²) in [5, 5.41) is 10.8. The van der Waals surface area contributed by atoms with Gasteiger partial charge in [0.1, 0.15) is 6.04 Å². The number of methoxy groups -OCH3 is 1. The van der Waals surface area contributed by atoms with Gasteiger partial charge in [-0.3, -0.25) is 9.69 Å². The first-order valence-corrected chi connectivity index (χ1v) is 6.20. The second-order valence-corrected chi connectivity index (χ2v) is 4.59. The maximum atomic E-state index is 12.4. The molecule has 1 aliphatic heterocycles. The van der Waals surface area contributed by atoms with E-state index in [2.05, 4.69) is 4.74 Å². The Bertz CT molecular complexity index is 528. The van der Waals surface area contributed by atoms with Gasteiger partial charge in [0.25, 0.3) is 5.91 Å². The third-order valence-corrected chi connectivity index (χ3v) is 3.63. The van der Waals surface area contributed by atoms with E-state index in [0.717, 1.165) is 0 Å². The predicted octanol–water partition coefficient (Wildman–Crippen LogP) is 1.26. The van der Waals surface area contributed by atoms with Crippen LogP contribution in [0.4, 0.5) is 0 Å². The summed E-state index contributed by atoms with van der Waals surface area (Å²) >= 11 is 0.